The lowest BCUT2D eigenvalue weighted by Gasteiger charge is -2.28. The molecule has 0 bridgehead atoms. The van der Waals surface area contributed by atoms with Gasteiger partial charge in [-0.3, -0.25) is 0 Å². The zero-order valence-electron chi connectivity index (χ0n) is 12.6. The summed E-state index contributed by atoms with van der Waals surface area (Å²) in [6, 6.07) is 7.42. The number of aliphatic hydroxyl groups is 1. The first-order valence-electron chi connectivity index (χ1n) is 7.57. The summed E-state index contributed by atoms with van der Waals surface area (Å²) in [6.07, 6.45) is 3.28. The number of para-hydroxylation sites is 1. The van der Waals surface area contributed by atoms with Crippen LogP contribution in [0.2, 0.25) is 0 Å². The maximum Gasteiger partial charge on any atom is 0.319 e. The standard InChI is InChI=1S/C16H24N2O2S/c1-11(2)21-15-10-6-4-8-13(15)18-16(20)17-12-7-3-5-9-14(12)19/h4,6,8,10-12,14,19H,3,5,7,9H2,1-2H3,(H2,17,18,20). The summed E-state index contributed by atoms with van der Waals surface area (Å²) < 4.78 is 0. The van der Waals surface area contributed by atoms with E-state index in [1.165, 1.54) is 0 Å². The summed E-state index contributed by atoms with van der Waals surface area (Å²) in [5.41, 5.74) is 0.819. The Morgan fingerprint density at radius 1 is 1.29 bits per heavy atom. The second-order valence-electron chi connectivity index (χ2n) is 5.72. The van der Waals surface area contributed by atoms with Crippen LogP contribution in [0.5, 0.6) is 0 Å². The van der Waals surface area contributed by atoms with Crippen molar-refractivity contribution in [2.24, 2.45) is 0 Å². The Kier molecular flexibility index (Phi) is 5.94. The molecule has 0 radical (unpaired) electrons. The summed E-state index contributed by atoms with van der Waals surface area (Å²) in [5.74, 6) is 0. The summed E-state index contributed by atoms with van der Waals surface area (Å²) in [6.45, 7) is 4.25. The topological polar surface area (TPSA) is 61.4 Å². The molecule has 0 saturated heterocycles. The van der Waals surface area contributed by atoms with Gasteiger partial charge in [0, 0.05) is 10.1 Å². The molecule has 2 rings (SSSR count). The van der Waals surface area contributed by atoms with Crippen molar-refractivity contribution in [2.75, 3.05) is 5.32 Å². The van der Waals surface area contributed by atoms with Gasteiger partial charge in [-0.15, -0.1) is 11.8 Å². The van der Waals surface area contributed by atoms with Gasteiger partial charge in [-0.1, -0.05) is 38.8 Å². The quantitative estimate of drug-likeness (QED) is 0.745. The Bertz CT molecular complexity index is 479. The normalized spacial score (nSPS) is 22.1. The van der Waals surface area contributed by atoms with Gasteiger partial charge in [0.15, 0.2) is 0 Å². The van der Waals surface area contributed by atoms with E-state index in [0.717, 1.165) is 36.3 Å². The summed E-state index contributed by atoms with van der Waals surface area (Å²) in [5, 5.41) is 16.2. The Hall–Kier alpha value is -1.20. The van der Waals surface area contributed by atoms with Gasteiger partial charge in [0.25, 0.3) is 0 Å². The lowest BCUT2D eigenvalue weighted by atomic mass is 9.93. The van der Waals surface area contributed by atoms with E-state index in [9.17, 15) is 9.90 Å². The molecule has 1 aliphatic rings. The van der Waals surface area contributed by atoms with Crippen LogP contribution in [0.3, 0.4) is 0 Å². The summed E-state index contributed by atoms with van der Waals surface area (Å²) in [4.78, 5) is 13.2. The van der Waals surface area contributed by atoms with Crippen LogP contribution in [0.15, 0.2) is 29.2 Å². The third-order valence-corrected chi connectivity index (χ3v) is 4.63. The van der Waals surface area contributed by atoms with Crippen LogP contribution in [0, 0.1) is 0 Å². The minimum absolute atomic E-state index is 0.135. The van der Waals surface area contributed by atoms with E-state index in [0.29, 0.717) is 5.25 Å². The highest BCUT2D eigenvalue weighted by atomic mass is 32.2. The van der Waals surface area contributed by atoms with Crippen molar-refractivity contribution in [3.63, 3.8) is 0 Å². The Balaban J connectivity index is 1.96. The lowest BCUT2D eigenvalue weighted by Crippen LogP contribution is -2.46. The fraction of sp³-hybridized carbons (Fsp3) is 0.562. The molecule has 3 N–H and O–H groups in total. The van der Waals surface area contributed by atoms with E-state index in [-0.39, 0.29) is 12.1 Å². The highest BCUT2D eigenvalue weighted by molar-refractivity contribution is 8.00. The third-order valence-electron chi connectivity index (χ3n) is 3.54. The minimum Gasteiger partial charge on any atom is -0.391 e. The van der Waals surface area contributed by atoms with Crippen molar-refractivity contribution in [2.45, 2.75) is 61.8 Å². The molecular formula is C16H24N2O2S. The highest BCUT2D eigenvalue weighted by Gasteiger charge is 2.24. The molecule has 0 heterocycles. The molecule has 1 aliphatic carbocycles. The molecule has 116 valence electrons. The summed E-state index contributed by atoms with van der Waals surface area (Å²) >= 11 is 1.72. The number of rotatable bonds is 4. The van der Waals surface area contributed by atoms with Crippen LogP contribution in [-0.2, 0) is 0 Å². The average Bonchev–Trinajstić information content (AvgIpc) is 2.43. The SMILES string of the molecule is CC(C)Sc1ccccc1NC(=O)NC1CCCCC1O. The van der Waals surface area contributed by atoms with Crippen LogP contribution >= 0.6 is 11.8 Å². The van der Waals surface area contributed by atoms with Gasteiger partial charge in [-0.05, 0) is 25.0 Å². The zero-order chi connectivity index (χ0) is 15.2. The highest BCUT2D eigenvalue weighted by Crippen LogP contribution is 2.30. The van der Waals surface area contributed by atoms with Crippen LogP contribution < -0.4 is 10.6 Å². The second kappa shape index (κ2) is 7.71. The van der Waals surface area contributed by atoms with E-state index in [2.05, 4.69) is 24.5 Å². The van der Waals surface area contributed by atoms with Gasteiger partial charge in [0.05, 0.1) is 17.8 Å². The van der Waals surface area contributed by atoms with Crippen molar-refractivity contribution < 1.29 is 9.90 Å². The minimum atomic E-state index is -0.426. The van der Waals surface area contributed by atoms with Crippen LogP contribution in [0.25, 0.3) is 0 Å². The monoisotopic (exact) mass is 308 g/mol. The fourth-order valence-corrected chi connectivity index (χ4v) is 3.44. The van der Waals surface area contributed by atoms with Gasteiger partial charge in [-0.2, -0.15) is 0 Å². The number of amides is 2. The number of nitrogens with one attached hydrogen (secondary N) is 2. The number of carbonyl (C=O) groups excluding carboxylic acids is 1. The Labute approximate surface area is 130 Å². The molecule has 0 spiro atoms. The van der Waals surface area contributed by atoms with E-state index in [1.54, 1.807) is 11.8 Å². The zero-order valence-corrected chi connectivity index (χ0v) is 13.5. The van der Waals surface area contributed by atoms with Crippen molar-refractivity contribution in [3.05, 3.63) is 24.3 Å². The molecule has 2 unspecified atom stereocenters. The molecule has 1 aromatic carbocycles. The van der Waals surface area contributed by atoms with Crippen molar-refractivity contribution in [1.29, 1.82) is 0 Å². The van der Waals surface area contributed by atoms with E-state index >= 15 is 0 Å². The number of aliphatic hydroxyl groups excluding tert-OH is 1. The molecule has 1 aromatic rings. The first kappa shape index (κ1) is 16.2. The van der Waals surface area contributed by atoms with Crippen molar-refractivity contribution >= 4 is 23.5 Å². The Morgan fingerprint density at radius 3 is 2.71 bits per heavy atom. The predicted octanol–water partition coefficient (Wildman–Crippen LogP) is 3.61. The average molecular weight is 308 g/mol. The largest absolute Gasteiger partial charge is 0.391 e. The van der Waals surface area contributed by atoms with Crippen LogP contribution in [-0.4, -0.2) is 28.5 Å². The number of benzene rings is 1. The fourth-order valence-electron chi connectivity index (χ4n) is 2.53. The first-order valence-corrected chi connectivity index (χ1v) is 8.45. The number of carbonyl (C=O) groups is 1. The maximum atomic E-state index is 12.1. The third kappa shape index (κ3) is 4.93. The number of hydrogen-bond acceptors (Lipinski definition) is 3. The number of thioether (sulfide) groups is 1. The van der Waals surface area contributed by atoms with Gasteiger partial charge < -0.3 is 15.7 Å². The van der Waals surface area contributed by atoms with E-state index in [1.807, 2.05) is 24.3 Å². The molecule has 0 aromatic heterocycles. The molecule has 2 atom stereocenters. The van der Waals surface area contributed by atoms with E-state index < -0.39 is 6.10 Å². The lowest BCUT2D eigenvalue weighted by molar-refractivity contribution is 0.0955. The molecule has 21 heavy (non-hydrogen) atoms. The molecule has 4 nitrogen and oxygen atoms in total. The number of urea groups is 1. The van der Waals surface area contributed by atoms with Gasteiger partial charge in [0.1, 0.15) is 0 Å². The van der Waals surface area contributed by atoms with Crippen molar-refractivity contribution in [3.8, 4) is 0 Å². The van der Waals surface area contributed by atoms with E-state index in [4.69, 9.17) is 0 Å². The van der Waals surface area contributed by atoms with Crippen LogP contribution in [0.1, 0.15) is 39.5 Å². The summed E-state index contributed by atoms with van der Waals surface area (Å²) in [7, 11) is 0. The first-order chi connectivity index (χ1) is 10.1. The number of hydrogen-bond donors (Lipinski definition) is 3. The molecule has 1 fully saturated rings. The van der Waals surface area contributed by atoms with Crippen molar-refractivity contribution in [1.82, 2.24) is 5.32 Å². The van der Waals surface area contributed by atoms with Crippen LogP contribution in [0.4, 0.5) is 10.5 Å². The molecule has 0 aliphatic heterocycles. The predicted molar refractivity (Wildman–Crippen MR) is 87.9 cm³/mol. The second-order valence-corrected chi connectivity index (χ2v) is 7.34. The molecule has 2 amide bonds. The number of anilines is 1. The molecule has 1 saturated carbocycles. The van der Waals surface area contributed by atoms with Gasteiger partial charge >= 0.3 is 6.03 Å². The molecule has 5 heteroatoms. The maximum absolute atomic E-state index is 12.1. The molecular weight excluding hydrogens is 284 g/mol. The van der Waals surface area contributed by atoms with Gasteiger partial charge in [0.2, 0.25) is 0 Å². The van der Waals surface area contributed by atoms with Gasteiger partial charge in [-0.25, -0.2) is 4.79 Å². The Morgan fingerprint density at radius 2 is 2.00 bits per heavy atom. The smallest absolute Gasteiger partial charge is 0.319 e.